The first-order chi connectivity index (χ1) is 17.8. The Labute approximate surface area is 239 Å². The van der Waals surface area contributed by atoms with E-state index in [1.807, 2.05) is 24.3 Å². The van der Waals surface area contributed by atoms with Crippen molar-refractivity contribution >= 4 is 72.7 Å². The number of amides is 2. The summed E-state index contributed by atoms with van der Waals surface area (Å²) < 4.78 is 8.60. The molecule has 4 aromatic rings. The Morgan fingerprint density at radius 3 is 2.41 bits per heavy atom. The van der Waals surface area contributed by atoms with E-state index < -0.39 is 0 Å². The van der Waals surface area contributed by atoms with Gasteiger partial charge >= 0.3 is 0 Å². The number of hydrogen-bond donors (Lipinski definition) is 2. The molecule has 0 radical (unpaired) electrons. The number of carbonyl (C=O) groups is 2. The number of methoxy groups -OCH3 is 1. The minimum atomic E-state index is -0.343. The van der Waals surface area contributed by atoms with Gasteiger partial charge in [0, 0.05) is 20.3 Å². The summed E-state index contributed by atoms with van der Waals surface area (Å²) in [6, 6.07) is 19.7. The molecule has 190 valence electrons. The van der Waals surface area contributed by atoms with Gasteiger partial charge in [-0.15, -0.1) is 10.2 Å². The van der Waals surface area contributed by atoms with Gasteiger partial charge in [0.25, 0.3) is 5.91 Å². The van der Waals surface area contributed by atoms with E-state index in [0.29, 0.717) is 33.0 Å². The molecule has 1 heterocycles. The highest BCUT2D eigenvalue weighted by Crippen LogP contribution is 2.25. The number of carbonyl (C=O) groups excluding carboxylic acids is 2. The molecule has 2 N–H and O–H groups in total. The lowest BCUT2D eigenvalue weighted by molar-refractivity contribution is -0.113. The number of nitrogens with zero attached hydrogens (tertiary/aromatic N) is 3. The zero-order valence-corrected chi connectivity index (χ0v) is 24.1. The van der Waals surface area contributed by atoms with Crippen LogP contribution in [-0.4, -0.2) is 39.4 Å². The minimum absolute atomic E-state index is 0.101. The van der Waals surface area contributed by atoms with E-state index in [4.69, 9.17) is 16.3 Å². The van der Waals surface area contributed by atoms with Gasteiger partial charge < -0.3 is 15.4 Å². The van der Waals surface area contributed by atoms with Gasteiger partial charge in [0.1, 0.15) is 5.75 Å². The monoisotopic (exact) mass is 663 g/mol. The third-order valence-corrected chi connectivity index (χ3v) is 7.35. The second kappa shape index (κ2) is 12.6. The number of hydrogen-bond acceptors (Lipinski definition) is 6. The highest BCUT2D eigenvalue weighted by atomic mass is 79.9. The fourth-order valence-corrected chi connectivity index (χ4v) is 4.88. The molecule has 4 rings (SSSR count). The van der Waals surface area contributed by atoms with Crippen molar-refractivity contribution < 1.29 is 14.3 Å². The summed E-state index contributed by atoms with van der Waals surface area (Å²) in [7, 11) is 1.58. The van der Waals surface area contributed by atoms with Crippen LogP contribution in [0.3, 0.4) is 0 Å². The van der Waals surface area contributed by atoms with Crippen LogP contribution < -0.4 is 15.4 Å². The van der Waals surface area contributed by atoms with Crippen LogP contribution in [0.15, 0.2) is 80.8 Å². The van der Waals surface area contributed by atoms with Gasteiger partial charge in [-0.2, -0.15) is 0 Å². The van der Waals surface area contributed by atoms with Crippen LogP contribution in [0.25, 0.3) is 5.69 Å². The number of nitrogens with one attached hydrogen (secondary N) is 2. The van der Waals surface area contributed by atoms with E-state index in [2.05, 4.69) is 52.7 Å². The fraction of sp³-hybridized carbons (Fsp3) is 0.120. The number of anilines is 1. The molecule has 0 aliphatic rings. The molecule has 0 unspecified atom stereocenters. The van der Waals surface area contributed by atoms with Crippen molar-refractivity contribution in [3.05, 3.63) is 92.1 Å². The van der Waals surface area contributed by atoms with Crippen molar-refractivity contribution in [1.29, 1.82) is 0 Å². The Morgan fingerprint density at radius 1 is 1.00 bits per heavy atom. The summed E-state index contributed by atoms with van der Waals surface area (Å²) >= 11 is 14.2. The predicted molar refractivity (Wildman–Crippen MR) is 152 cm³/mol. The smallest absolute Gasteiger partial charge is 0.253 e. The van der Waals surface area contributed by atoms with Crippen LogP contribution in [-0.2, 0) is 11.3 Å². The molecule has 0 spiro atoms. The summed E-state index contributed by atoms with van der Waals surface area (Å²) in [5.74, 6) is 0.779. The first kappa shape index (κ1) is 27.2. The van der Waals surface area contributed by atoms with Crippen molar-refractivity contribution in [3.8, 4) is 11.4 Å². The van der Waals surface area contributed by atoms with Gasteiger partial charge in [-0.1, -0.05) is 55.2 Å². The maximum Gasteiger partial charge on any atom is 0.253 e. The lowest BCUT2D eigenvalue weighted by Gasteiger charge is -2.12. The second-order valence-corrected chi connectivity index (χ2v) is 10.8. The fourth-order valence-electron chi connectivity index (χ4n) is 3.29. The van der Waals surface area contributed by atoms with Gasteiger partial charge in [-0.3, -0.25) is 14.2 Å². The van der Waals surface area contributed by atoms with Gasteiger partial charge in [-0.05, 0) is 66.7 Å². The van der Waals surface area contributed by atoms with Crippen molar-refractivity contribution in [2.75, 3.05) is 18.2 Å². The summed E-state index contributed by atoms with van der Waals surface area (Å²) in [4.78, 5) is 25.3. The average Bonchev–Trinajstić information content (AvgIpc) is 3.31. The van der Waals surface area contributed by atoms with Crippen molar-refractivity contribution in [1.82, 2.24) is 20.1 Å². The molecule has 0 bridgehead atoms. The normalized spacial score (nSPS) is 10.7. The van der Waals surface area contributed by atoms with Gasteiger partial charge in [0.2, 0.25) is 5.91 Å². The third-order valence-electron chi connectivity index (χ3n) is 5.07. The highest BCUT2D eigenvalue weighted by molar-refractivity contribution is 9.10. The molecule has 0 atom stereocenters. The SMILES string of the molecule is COc1ccc(NC(=O)CSc2nnc(CNC(=O)c3cc(Br)ccc3Cl)n2-c2ccc(Br)cc2)cc1. The molecule has 0 fully saturated rings. The zero-order chi connectivity index (χ0) is 26.4. The average molecular weight is 666 g/mol. The maximum absolute atomic E-state index is 12.8. The minimum Gasteiger partial charge on any atom is -0.497 e. The van der Waals surface area contributed by atoms with E-state index in [1.54, 1.807) is 54.1 Å². The number of halogens is 3. The summed E-state index contributed by atoms with van der Waals surface area (Å²) in [6.45, 7) is 0.101. The van der Waals surface area contributed by atoms with Crippen LogP contribution in [0.1, 0.15) is 16.2 Å². The Kier molecular flexibility index (Phi) is 9.25. The van der Waals surface area contributed by atoms with Crippen LogP contribution in [0.5, 0.6) is 5.75 Å². The van der Waals surface area contributed by atoms with E-state index >= 15 is 0 Å². The summed E-state index contributed by atoms with van der Waals surface area (Å²) in [6.07, 6.45) is 0. The lowest BCUT2D eigenvalue weighted by atomic mass is 10.2. The molecule has 0 aliphatic heterocycles. The molecule has 2 amide bonds. The van der Waals surface area contributed by atoms with E-state index in [0.717, 1.165) is 14.6 Å². The molecular weight excluding hydrogens is 646 g/mol. The van der Waals surface area contributed by atoms with E-state index in [1.165, 1.54) is 11.8 Å². The van der Waals surface area contributed by atoms with Gasteiger partial charge in [-0.25, -0.2) is 0 Å². The summed E-state index contributed by atoms with van der Waals surface area (Å²) in [5.41, 5.74) is 1.79. The maximum atomic E-state index is 12.8. The molecule has 1 aromatic heterocycles. The largest absolute Gasteiger partial charge is 0.497 e. The first-order valence-electron chi connectivity index (χ1n) is 10.8. The molecule has 3 aromatic carbocycles. The Morgan fingerprint density at radius 2 is 1.70 bits per heavy atom. The van der Waals surface area contributed by atoms with E-state index in [-0.39, 0.29) is 24.1 Å². The second-order valence-electron chi connectivity index (χ2n) is 7.58. The molecule has 0 saturated heterocycles. The Bertz CT molecular complexity index is 1420. The van der Waals surface area contributed by atoms with Gasteiger partial charge in [0.15, 0.2) is 11.0 Å². The molecule has 8 nitrogen and oxygen atoms in total. The number of aromatic nitrogens is 3. The Balaban J connectivity index is 1.49. The van der Waals surface area contributed by atoms with Crippen LogP contribution >= 0.6 is 55.2 Å². The Hall–Kier alpha value is -2.86. The van der Waals surface area contributed by atoms with Crippen LogP contribution in [0.4, 0.5) is 5.69 Å². The molecule has 0 aliphatic carbocycles. The zero-order valence-electron chi connectivity index (χ0n) is 19.4. The van der Waals surface area contributed by atoms with Crippen LogP contribution in [0, 0.1) is 0 Å². The molecule has 0 saturated carbocycles. The number of benzene rings is 3. The standard InChI is InChI=1S/C25H20Br2ClN5O3S/c1-36-19-9-5-17(6-10-19)30-23(34)14-37-25-32-31-22(33(25)18-7-2-15(26)3-8-18)13-29-24(35)20-12-16(27)4-11-21(20)28/h2-12H,13-14H2,1H3,(H,29,35)(H,30,34). The van der Waals surface area contributed by atoms with Crippen molar-refractivity contribution in [2.24, 2.45) is 0 Å². The van der Waals surface area contributed by atoms with Crippen molar-refractivity contribution in [3.63, 3.8) is 0 Å². The number of thioether (sulfide) groups is 1. The highest BCUT2D eigenvalue weighted by Gasteiger charge is 2.18. The van der Waals surface area contributed by atoms with E-state index in [9.17, 15) is 9.59 Å². The third kappa shape index (κ3) is 7.13. The molecule has 12 heteroatoms. The number of rotatable bonds is 9. The van der Waals surface area contributed by atoms with Crippen LogP contribution in [0.2, 0.25) is 5.02 Å². The quantitative estimate of drug-likeness (QED) is 0.209. The summed E-state index contributed by atoms with van der Waals surface area (Å²) in [5, 5.41) is 15.1. The van der Waals surface area contributed by atoms with Crippen molar-refractivity contribution in [2.45, 2.75) is 11.7 Å². The lowest BCUT2D eigenvalue weighted by Crippen LogP contribution is -2.25. The topological polar surface area (TPSA) is 98.1 Å². The van der Waals surface area contributed by atoms with Gasteiger partial charge in [0.05, 0.1) is 30.0 Å². The molecule has 37 heavy (non-hydrogen) atoms. The molecular formula is C25H20Br2ClN5O3S. The number of ether oxygens (including phenoxy) is 1. The first-order valence-corrected chi connectivity index (χ1v) is 13.8. The predicted octanol–water partition coefficient (Wildman–Crippen LogP) is 6.12.